The van der Waals surface area contributed by atoms with E-state index in [9.17, 15) is 12.8 Å². The lowest BCUT2D eigenvalue weighted by molar-refractivity contribution is 0.560. The minimum absolute atomic E-state index is 0. The molecule has 0 radical (unpaired) electrons. The molecular formula is C9H13Cl2FN2O2S. The molecule has 0 unspecified atom stereocenters. The van der Waals surface area contributed by atoms with Crippen LogP contribution in [0.5, 0.6) is 0 Å². The highest BCUT2D eigenvalue weighted by Gasteiger charge is 2.20. The van der Waals surface area contributed by atoms with Crippen molar-refractivity contribution < 1.29 is 12.8 Å². The monoisotopic (exact) mass is 302 g/mol. The second kappa shape index (κ2) is 6.51. The molecule has 0 saturated carbocycles. The first kappa shape index (κ1) is 16.6. The fourth-order valence-corrected chi connectivity index (χ4v) is 2.83. The number of benzene rings is 1. The summed E-state index contributed by atoms with van der Waals surface area (Å²) < 4.78 is 38.7. The van der Waals surface area contributed by atoms with E-state index in [0.717, 1.165) is 12.1 Å². The maximum Gasteiger partial charge on any atom is 0.242 e. The van der Waals surface area contributed by atoms with Gasteiger partial charge in [0.05, 0.1) is 5.02 Å². The van der Waals surface area contributed by atoms with E-state index in [1.54, 1.807) is 6.92 Å². The summed E-state index contributed by atoms with van der Waals surface area (Å²) in [6, 6.07) is 2.71. The van der Waals surface area contributed by atoms with Gasteiger partial charge < -0.3 is 5.73 Å². The molecular weight excluding hydrogens is 290 g/mol. The number of nitrogens with two attached hydrogens (primary N) is 1. The lowest BCUT2D eigenvalue weighted by Gasteiger charge is -2.12. The Morgan fingerprint density at radius 3 is 2.65 bits per heavy atom. The third kappa shape index (κ3) is 4.40. The van der Waals surface area contributed by atoms with Crippen LogP contribution in [0.3, 0.4) is 0 Å². The predicted octanol–water partition coefficient (Wildman–Crippen LogP) is 1.53. The maximum absolute atomic E-state index is 12.9. The molecule has 0 aliphatic rings. The van der Waals surface area contributed by atoms with Gasteiger partial charge in [0, 0.05) is 12.6 Å². The molecule has 17 heavy (non-hydrogen) atoms. The van der Waals surface area contributed by atoms with Gasteiger partial charge in [-0.25, -0.2) is 17.5 Å². The van der Waals surface area contributed by atoms with Crippen molar-refractivity contribution in [2.24, 2.45) is 5.73 Å². The van der Waals surface area contributed by atoms with Gasteiger partial charge in [-0.2, -0.15) is 0 Å². The van der Waals surface area contributed by atoms with Crippen molar-refractivity contribution in [1.82, 2.24) is 4.72 Å². The van der Waals surface area contributed by atoms with Crippen LogP contribution in [0.1, 0.15) is 6.92 Å². The molecule has 8 heteroatoms. The molecule has 1 aromatic rings. The van der Waals surface area contributed by atoms with Gasteiger partial charge in [0.1, 0.15) is 10.7 Å². The number of halogens is 3. The van der Waals surface area contributed by atoms with Gasteiger partial charge >= 0.3 is 0 Å². The number of sulfonamides is 1. The third-order valence-electron chi connectivity index (χ3n) is 1.89. The van der Waals surface area contributed by atoms with E-state index in [1.165, 1.54) is 6.07 Å². The molecule has 0 fully saturated rings. The van der Waals surface area contributed by atoms with E-state index >= 15 is 0 Å². The molecule has 0 aromatic heterocycles. The van der Waals surface area contributed by atoms with E-state index in [2.05, 4.69) is 4.72 Å². The molecule has 1 aromatic carbocycles. The lowest BCUT2D eigenvalue weighted by Crippen LogP contribution is -2.37. The van der Waals surface area contributed by atoms with Gasteiger partial charge in [-0.15, -0.1) is 12.4 Å². The van der Waals surface area contributed by atoms with Crippen LogP contribution in [0.2, 0.25) is 5.02 Å². The van der Waals surface area contributed by atoms with Crippen LogP contribution in [0.25, 0.3) is 0 Å². The number of hydrogen-bond donors (Lipinski definition) is 2. The van der Waals surface area contributed by atoms with Crippen molar-refractivity contribution in [3.05, 3.63) is 29.0 Å². The van der Waals surface area contributed by atoms with Crippen molar-refractivity contribution in [1.29, 1.82) is 0 Å². The van der Waals surface area contributed by atoms with Gasteiger partial charge in [0.2, 0.25) is 10.0 Å². The van der Waals surface area contributed by atoms with Crippen molar-refractivity contribution in [3.63, 3.8) is 0 Å². The molecule has 0 aliphatic carbocycles. The Hall–Kier alpha value is -0.400. The molecule has 0 saturated heterocycles. The standard InChI is InChI=1S/C9H12ClFN2O2S.ClH/c1-6(5-12)13-16(14,15)9-4-7(11)2-3-8(9)10;/h2-4,6,13H,5,12H2,1H3;1H/t6-;/m1./s1. The zero-order valence-electron chi connectivity index (χ0n) is 8.98. The minimum atomic E-state index is -3.83. The Bertz CT molecular complexity index is 482. The van der Waals surface area contributed by atoms with Gasteiger partial charge in [-0.3, -0.25) is 0 Å². The lowest BCUT2D eigenvalue weighted by atomic mass is 10.3. The van der Waals surface area contributed by atoms with Crippen molar-refractivity contribution in [3.8, 4) is 0 Å². The first-order valence-electron chi connectivity index (χ1n) is 4.54. The quantitative estimate of drug-likeness (QED) is 0.886. The van der Waals surface area contributed by atoms with Crippen LogP contribution in [-0.4, -0.2) is 21.0 Å². The van der Waals surface area contributed by atoms with Crippen LogP contribution < -0.4 is 10.5 Å². The number of hydrogen-bond acceptors (Lipinski definition) is 3. The predicted molar refractivity (Wildman–Crippen MR) is 67.5 cm³/mol. The fourth-order valence-electron chi connectivity index (χ4n) is 1.06. The molecule has 0 bridgehead atoms. The number of nitrogens with one attached hydrogen (secondary N) is 1. The Kier molecular flexibility index (Phi) is 6.36. The molecule has 1 atom stereocenters. The zero-order chi connectivity index (χ0) is 12.3. The van der Waals surface area contributed by atoms with Crippen molar-refractivity contribution in [2.75, 3.05) is 6.54 Å². The smallest absolute Gasteiger partial charge is 0.242 e. The highest BCUT2D eigenvalue weighted by atomic mass is 35.5. The Labute approximate surface area is 111 Å². The normalized spacial score (nSPS) is 12.9. The van der Waals surface area contributed by atoms with Crippen molar-refractivity contribution >= 4 is 34.0 Å². The van der Waals surface area contributed by atoms with Crippen LogP contribution in [0.4, 0.5) is 4.39 Å². The summed E-state index contributed by atoms with van der Waals surface area (Å²) in [6.07, 6.45) is 0. The first-order valence-corrected chi connectivity index (χ1v) is 6.40. The summed E-state index contributed by atoms with van der Waals surface area (Å²) in [5, 5.41) is -0.0295. The number of rotatable bonds is 4. The summed E-state index contributed by atoms with van der Waals surface area (Å²) in [4.78, 5) is -0.283. The summed E-state index contributed by atoms with van der Waals surface area (Å²) >= 11 is 5.69. The molecule has 0 aliphatic heterocycles. The van der Waals surface area contributed by atoms with Crippen LogP contribution in [0, 0.1) is 5.82 Å². The van der Waals surface area contributed by atoms with E-state index in [0.29, 0.717) is 0 Å². The average Bonchev–Trinajstić information content (AvgIpc) is 2.20. The van der Waals surface area contributed by atoms with Gasteiger partial charge in [-0.1, -0.05) is 11.6 Å². The van der Waals surface area contributed by atoms with Gasteiger partial charge in [-0.05, 0) is 25.1 Å². The second-order valence-corrected chi connectivity index (χ2v) is 5.42. The largest absolute Gasteiger partial charge is 0.329 e. The van der Waals surface area contributed by atoms with Gasteiger partial charge in [0.15, 0.2) is 0 Å². The summed E-state index contributed by atoms with van der Waals surface area (Å²) in [5.74, 6) is -0.662. The molecule has 0 spiro atoms. The molecule has 98 valence electrons. The van der Waals surface area contributed by atoms with Crippen LogP contribution >= 0.6 is 24.0 Å². The van der Waals surface area contributed by atoms with E-state index in [4.69, 9.17) is 17.3 Å². The first-order chi connectivity index (χ1) is 7.36. The molecule has 0 heterocycles. The molecule has 4 nitrogen and oxygen atoms in total. The average molecular weight is 303 g/mol. The summed E-state index contributed by atoms with van der Waals surface area (Å²) in [5.41, 5.74) is 5.29. The highest BCUT2D eigenvalue weighted by Crippen LogP contribution is 2.22. The van der Waals surface area contributed by atoms with Crippen LogP contribution in [0.15, 0.2) is 23.1 Å². The van der Waals surface area contributed by atoms with Gasteiger partial charge in [0.25, 0.3) is 0 Å². The Morgan fingerprint density at radius 2 is 2.12 bits per heavy atom. The molecule has 3 N–H and O–H groups in total. The molecule has 1 rings (SSSR count). The highest BCUT2D eigenvalue weighted by molar-refractivity contribution is 7.89. The third-order valence-corrected chi connectivity index (χ3v) is 3.96. The Balaban J connectivity index is 0.00000256. The zero-order valence-corrected chi connectivity index (χ0v) is 11.4. The summed E-state index contributed by atoms with van der Waals surface area (Å²) in [7, 11) is -3.83. The second-order valence-electron chi connectivity index (χ2n) is 3.33. The fraction of sp³-hybridized carbons (Fsp3) is 0.333. The summed E-state index contributed by atoms with van der Waals surface area (Å²) in [6.45, 7) is 1.75. The van der Waals surface area contributed by atoms with E-state index in [1.807, 2.05) is 0 Å². The van der Waals surface area contributed by atoms with E-state index < -0.39 is 21.9 Å². The Morgan fingerprint density at radius 1 is 1.53 bits per heavy atom. The topological polar surface area (TPSA) is 72.2 Å². The minimum Gasteiger partial charge on any atom is -0.329 e. The maximum atomic E-state index is 12.9. The van der Waals surface area contributed by atoms with E-state index in [-0.39, 0.29) is 28.9 Å². The van der Waals surface area contributed by atoms with Crippen LogP contribution in [-0.2, 0) is 10.0 Å². The molecule has 0 amide bonds. The SMILES string of the molecule is C[C@H](CN)NS(=O)(=O)c1cc(F)ccc1Cl.Cl. The van der Waals surface area contributed by atoms with Crippen molar-refractivity contribution in [2.45, 2.75) is 17.9 Å².